The second-order valence-electron chi connectivity index (χ2n) is 4.07. The molecule has 3 nitrogen and oxygen atoms in total. The van der Waals surface area contributed by atoms with Gasteiger partial charge in [0.25, 0.3) is 0 Å². The van der Waals surface area contributed by atoms with E-state index in [9.17, 15) is 4.79 Å². The summed E-state index contributed by atoms with van der Waals surface area (Å²) in [7, 11) is 1.58. The highest BCUT2D eigenvalue weighted by Crippen LogP contribution is 2.16. The third kappa shape index (κ3) is 5.50. The van der Waals surface area contributed by atoms with Crippen LogP contribution in [0.15, 0.2) is 0 Å². The predicted octanol–water partition coefficient (Wildman–Crippen LogP) is 2.41. The van der Waals surface area contributed by atoms with Crippen LogP contribution in [-0.4, -0.2) is 19.2 Å². The lowest BCUT2D eigenvalue weighted by atomic mass is 9.97. The molecular weight excluding hydrogens is 166 g/mol. The number of nitrogens with one attached hydrogen (secondary N) is 1. The molecule has 0 heterocycles. The van der Waals surface area contributed by atoms with Gasteiger partial charge in [-0.2, -0.15) is 0 Å². The number of hydrogen-bond donors (Lipinski definition) is 1. The van der Waals surface area contributed by atoms with E-state index < -0.39 is 0 Å². The zero-order valence-electron chi connectivity index (χ0n) is 9.26. The normalized spacial score (nSPS) is 13.2. The molecule has 0 aliphatic heterocycles. The third-order valence-electron chi connectivity index (χ3n) is 1.91. The summed E-state index contributed by atoms with van der Waals surface area (Å²) in [5.41, 5.74) is 0. The van der Waals surface area contributed by atoms with Crippen LogP contribution in [0.25, 0.3) is 0 Å². The molecule has 1 atom stereocenters. The van der Waals surface area contributed by atoms with Gasteiger partial charge in [-0.1, -0.05) is 27.7 Å². The van der Waals surface area contributed by atoms with Crippen LogP contribution in [0.5, 0.6) is 0 Å². The van der Waals surface area contributed by atoms with Crippen LogP contribution < -0.4 is 5.32 Å². The minimum Gasteiger partial charge on any atom is -0.446 e. The van der Waals surface area contributed by atoms with Crippen molar-refractivity contribution in [2.75, 3.05) is 7.05 Å². The second-order valence-corrected chi connectivity index (χ2v) is 4.07. The number of amides is 1. The Labute approximate surface area is 80.8 Å². The topological polar surface area (TPSA) is 38.3 Å². The van der Waals surface area contributed by atoms with E-state index in [1.807, 2.05) is 0 Å². The van der Waals surface area contributed by atoms with E-state index >= 15 is 0 Å². The lowest BCUT2D eigenvalue weighted by molar-refractivity contribution is 0.0594. The molecule has 1 unspecified atom stereocenters. The number of carbonyl (C=O) groups is 1. The Balaban J connectivity index is 4.02. The first kappa shape index (κ1) is 12.3. The first-order valence-corrected chi connectivity index (χ1v) is 4.85. The van der Waals surface area contributed by atoms with Crippen LogP contribution in [0.4, 0.5) is 4.79 Å². The molecule has 0 aliphatic carbocycles. The molecule has 0 aromatic heterocycles. The van der Waals surface area contributed by atoms with Crippen molar-refractivity contribution in [2.45, 2.75) is 40.2 Å². The van der Waals surface area contributed by atoms with Crippen LogP contribution in [0.1, 0.15) is 34.1 Å². The van der Waals surface area contributed by atoms with Crippen molar-refractivity contribution in [3.8, 4) is 0 Å². The van der Waals surface area contributed by atoms with Gasteiger partial charge < -0.3 is 10.1 Å². The van der Waals surface area contributed by atoms with E-state index in [0.29, 0.717) is 11.8 Å². The van der Waals surface area contributed by atoms with Gasteiger partial charge in [0.2, 0.25) is 0 Å². The van der Waals surface area contributed by atoms with Gasteiger partial charge in [-0.15, -0.1) is 0 Å². The maximum absolute atomic E-state index is 11.0. The van der Waals surface area contributed by atoms with Gasteiger partial charge in [0.15, 0.2) is 0 Å². The van der Waals surface area contributed by atoms with Crippen molar-refractivity contribution in [1.82, 2.24) is 5.32 Å². The van der Waals surface area contributed by atoms with Crippen LogP contribution in [0.2, 0.25) is 0 Å². The van der Waals surface area contributed by atoms with E-state index in [0.717, 1.165) is 6.42 Å². The van der Waals surface area contributed by atoms with E-state index in [1.165, 1.54) is 0 Å². The summed E-state index contributed by atoms with van der Waals surface area (Å²) in [4.78, 5) is 11.0. The molecule has 0 aromatic rings. The predicted molar refractivity (Wildman–Crippen MR) is 53.6 cm³/mol. The molecule has 0 aromatic carbocycles. The fraction of sp³-hybridized carbons (Fsp3) is 0.900. The van der Waals surface area contributed by atoms with Crippen LogP contribution >= 0.6 is 0 Å². The summed E-state index contributed by atoms with van der Waals surface area (Å²) < 4.78 is 5.22. The fourth-order valence-electron chi connectivity index (χ4n) is 1.12. The Morgan fingerprint density at radius 3 is 2.15 bits per heavy atom. The summed E-state index contributed by atoms with van der Waals surface area (Å²) in [5, 5.41) is 2.46. The highest BCUT2D eigenvalue weighted by molar-refractivity contribution is 5.66. The number of ether oxygens (including phenoxy) is 1. The molecule has 0 rings (SSSR count). The Kier molecular flexibility index (Phi) is 5.51. The Hall–Kier alpha value is -0.730. The van der Waals surface area contributed by atoms with E-state index in [1.54, 1.807) is 7.05 Å². The molecule has 78 valence electrons. The van der Waals surface area contributed by atoms with Gasteiger partial charge in [0.05, 0.1) is 0 Å². The largest absolute Gasteiger partial charge is 0.446 e. The monoisotopic (exact) mass is 187 g/mol. The zero-order chi connectivity index (χ0) is 10.4. The van der Waals surface area contributed by atoms with Crippen molar-refractivity contribution in [3.63, 3.8) is 0 Å². The highest BCUT2D eigenvalue weighted by atomic mass is 16.6. The Morgan fingerprint density at radius 1 is 1.31 bits per heavy atom. The Morgan fingerprint density at radius 2 is 1.85 bits per heavy atom. The maximum Gasteiger partial charge on any atom is 0.407 e. The van der Waals surface area contributed by atoms with Crippen LogP contribution in [0, 0.1) is 11.8 Å². The summed E-state index contributed by atoms with van der Waals surface area (Å²) in [5.74, 6) is 0.928. The van der Waals surface area contributed by atoms with Crippen molar-refractivity contribution < 1.29 is 9.53 Å². The number of carbonyl (C=O) groups excluding carboxylic acids is 1. The molecule has 1 amide bonds. The zero-order valence-corrected chi connectivity index (χ0v) is 9.26. The molecule has 0 saturated carbocycles. The summed E-state index contributed by atoms with van der Waals surface area (Å²) in [6.07, 6.45) is 0.616. The van der Waals surface area contributed by atoms with Gasteiger partial charge in [0, 0.05) is 7.05 Å². The highest BCUT2D eigenvalue weighted by Gasteiger charge is 2.18. The van der Waals surface area contributed by atoms with Gasteiger partial charge in [-0.05, 0) is 18.3 Å². The van der Waals surface area contributed by atoms with E-state index in [2.05, 4.69) is 33.0 Å². The molecule has 0 aliphatic rings. The van der Waals surface area contributed by atoms with Crippen molar-refractivity contribution in [1.29, 1.82) is 0 Å². The molecule has 3 heteroatoms. The van der Waals surface area contributed by atoms with Crippen molar-refractivity contribution in [3.05, 3.63) is 0 Å². The quantitative estimate of drug-likeness (QED) is 0.734. The van der Waals surface area contributed by atoms with Gasteiger partial charge >= 0.3 is 6.09 Å². The molecule has 1 N–H and O–H groups in total. The van der Waals surface area contributed by atoms with Gasteiger partial charge in [-0.25, -0.2) is 4.79 Å². The first-order chi connectivity index (χ1) is 5.97. The van der Waals surface area contributed by atoms with Crippen LogP contribution in [-0.2, 0) is 4.74 Å². The van der Waals surface area contributed by atoms with Crippen molar-refractivity contribution in [2.24, 2.45) is 11.8 Å². The second kappa shape index (κ2) is 5.84. The molecule has 13 heavy (non-hydrogen) atoms. The lowest BCUT2D eigenvalue weighted by Gasteiger charge is -2.22. The smallest absolute Gasteiger partial charge is 0.407 e. The average molecular weight is 187 g/mol. The van der Waals surface area contributed by atoms with E-state index in [4.69, 9.17) is 4.74 Å². The number of hydrogen-bond acceptors (Lipinski definition) is 2. The molecule has 0 saturated heterocycles. The third-order valence-corrected chi connectivity index (χ3v) is 1.91. The first-order valence-electron chi connectivity index (χ1n) is 4.85. The minimum absolute atomic E-state index is 0.0277. The lowest BCUT2D eigenvalue weighted by Crippen LogP contribution is -2.30. The number of rotatable bonds is 4. The summed E-state index contributed by atoms with van der Waals surface area (Å²) in [6.45, 7) is 8.39. The SMILES string of the molecule is CNC(=O)OC(CC(C)C)C(C)C. The van der Waals surface area contributed by atoms with Crippen molar-refractivity contribution >= 4 is 6.09 Å². The molecular formula is C10H21NO2. The molecule has 0 fully saturated rings. The number of alkyl carbamates (subject to hydrolysis) is 1. The molecule has 0 bridgehead atoms. The minimum atomic E-state index is -0.334. The van der Waals surface area contributed by atoms with Crippen LogP contribution in [0.3, 0.4) is 0 Å². The average Bonchev–Trinajstić information content (AvgIpc) is 2.02. The molecule has 0 spiro atoms. The van der Waals surface area contributed by atoms with Gasteiger partial charge in [-0.3, -0.25) is 0 Å². The van der Waals surface area contributed by atoms with Gasteiger partial charge in [0.1, 0.15) is 6.10 Å². The Bertz CT molecular complexity index is 155. The van der Waals surface area contributed by atoms with E-state index in [-0.39, 0.29) is 12.2 Å². The maximum atomic E-state index is 11.0. The fourth-order valence-corrected chi connectivity index (χ4v) is 1.12. The summed E-state index contributed by atoms with van der Waals surface area (Å²) in [6, 6.07) is 0. The molecule has 0 radical (unpaired) electrons. The summed E-state index contributed by atoms with van der Waals surface area (Å²) >= 11 is 0. The standard InChI is InChI=1S/C10H21NO2/c1-7(2)6-9(8(3)4)13-10(12)11-5/h7-9H,6H2,1-5H3,(H,11,12).